The van der Waals surface area contributed by atoms with Crippen molar-refractivity contribution in [3.05, 3.63) is 0 Å². The van der Waals surface area contributed by atoms with Gasteiger partial charge in [0.05, 0.1) is 7.11 Å². The monoisotopic (exact) mass is 295 g/mol. The SMILES string of the molecule is COC(=O)C#CC(=O)[C@]1(C)CCCN1C(=O)OC(C)(C)C. The number of Topliss-reactive ketones (excluding diaryl/α,β-unsaturated/α-hetero) is 1. The minimum atomic E-state index is -1.07. The minimum Gasteiger partial charge on any atom is -0.459 e. The zero-order valence-corrected chi connectivity index (χ0v) is 13.1. The maximum atomic E-state index is 12.2. The fraction of sp³-hybridized carbons (Fsp3) is 0.667. The molecule has 1 aliphatic heterocycles. The fourth-order valence-corrected chi connectivity index (χ4v) is 2.10. The number of nitrogens with zero attached hydrogens (tertiary/aromatic N) is 1. The van der Waals surface area contributed by atoms with E-state index in [2.05, 4.69) is 16.6 Å². The highest BCUT2D eigenvalue weighted by atomic mass is 16.6. The lowest BCUT2D eigenvalue weighted by Gasteiger charge is -2.33. The van der Waals surface area contributed by atoms with Gasteiger partial charge >= 0.3 is 12.1 Å². The van der Waals surface area contributed by atoms with Crippen molar-refractivity contribution < 1.29 is 23.9 Å². The lowest BCUT2D eigenvalue weighted by atomic mass is 9.93. The number of carbonyl (C=O) groups excluding carboxylic acids is 3. The summed E-state index contributed by atoms with van der Waals surface area (Å²) in [6, 6.07) is 0. The molecular formula is C15H21NO5. The highest BCUT2D eigenvalue weighted by Gasteiger charge is 2.46. The van der Waals surface area contributed by atoms with E-state index in [1.165, 1.54) is 12.0 Å². The number of amides is 1. The molecule has 0 bridgehead atoms. The van der Waals surface area contributed by atoms with Gasteiger partial charge in [-0.05, 0) is 46.5 Å². The topological polar surface area (TPSA) is 72.9 Å². The molecule has 1 aliphatic rings. The van der Waals surface area contributed by atoms with Crippen LogP contribution in [0.15, 0.2) is 0 Å². The van der Waals surface area contributed by atoms with Gasteiger partial charge in [-0.3, -0.25) is 9.69 Å². The van der Waals surface area contributed by atoms with Crippen molar-refractivity contribution in [2.24, 2.45) is 0 Å². The molecule has 0 spiro atoms. The van der Waals surface area contributed by atoms with Crippen LogP contribution in [0.5, 0.6) is 0 Å². The van der Waals surface area contributed by atoms with Crippen molar-refractivity contribution >= 4 is 17.8 Å². The highest BCUT2D eigenvalue weighted by molar-refractivity contribution is 6.08. The molecule has 0 radical (unpaired) electrons. The van der Waals surface area contributed by atoms with Crippen LogP contribution in [0.2, 0.25) is 0 Å². The molecule has 1 rings (SSSR count). The van der Waals surface area contributed by atoms with Crippen LogP contribution in [0, 0.1) is 11.8 Å². The van der Waals surface area contributed by atoms with E-state index >= 15 is 0 Å². The lowest BCUT2D eigenvalue weighted by Crippen LogP contribution is -2.51. The van der Waals surface area contributed by atoms with Gasteiger partial charge in [-0.15, -0.1) is 0 Å². The number of hydrogen-bond donors (Lipinski definition) is 0. The molecular weight excluding hydrogens is 274 g/mol. The van der Waals surface area contributed by atoms with Gasteiger partial charge in [0.15, 0.2) is 0 Å². The van der Waals surface area contributed by atoms with Gasteiger partial charge in [0.25, 0.3) is 0 Å². The van der Waals surface area contributed by atoms with Crippen molar-refractivity contribution in [1.29, 1.82) is 0 Å². The Morgan fingerprint density at radius 2 is 1.81 bits per heavy atom. The predicted octanol–water partition coefficient (Wildman–Crippen LogP) is 1.52. The van der Waals surface area contributed by atoms with Crippen LogP contribution in [0.3, 0.4) is 0 Å². The van der Waals surface area contributed by atoms with E-state index in [4.69, 9.17) is 4.74 Å². The summed E-state index contributed by atoms with van der Waals surface area (Å²) < 4.78 is 9.68. The van der Waals surface area contributed by atoms with E-state index in [1.54, 1.807) is 27.7 Å². The first-order valence-corrected chi connectivity index (χ1v) is 6.75. The summed E-state index contributed by atoms with van der Waals surface area (Å²) in [6.45, 7) is 7.35. The standard InChI is InChI=1S/C15H21NO5/c1-14(2,3)21-13(19)16-10-6-9-15(16,4)11(17)7-8-12(18)20-5/h6,9-10H2,1-5H3/t15-/m0/s1. The van der Waals surface area contributed by atoms with Crippen LogP contribution in [-0.4, -0.2) is 47.5 Å². The summed E-state index contributed by atoms with van der Waals surface area (Å²) >= 11 is 0. The number of methoxy groups -OCH3 is 1. The number of carbonyl (C=O) groups is 3. The molecule has 0 aromatic carbocycles. The Kier molecular flexibility index (Phi) is 5.00. The zero-order chi connectivity index (χ0) is 16.3. The molecule has 0 aliphatic carbocycles. The van der Waals surface area contributed by atoms with Crippen molar-refractivity contribution in [2.45, 2.75) is 51.7 Å². The number of likely N-dealkylation sites (tertiary alicyclic amines) is 1. The summed E-state index contributed by atoms with van der Waals surface area (Å²) in [7, 11) is 1.19. The van der Waals surface area contributed by atoms with E-state index in [1.807, 2.05) is 0 Å². The number of hydrogen-bond acceptors (Lipinski definition) is 5. The first-order chi connectivity index (χ1) is 9.60. The number of ketones is 1. The molecule has 0 unspecified atom stereocenters. The molecule has 0 aromatic rings. The van der Waals surface area contributed by atoms with Crippen LogP contribution in [0.1, 0.15) is 40.5 Å². The molecule has 1 amide bonds. The Balaban J connectivity index is 2.91. The van der Waals surface area contributed by atoms with E-state index in [0.717, 1.165) is 0 Å². The molecule has 0 N–H and O–H groups in total. The molecule has 1 fully saturated rings. The quantitative estimate of drug-likeness (QED) is 0.317. The molecule has 21 heavy (non-hydrogen) atoms. The fourth-order valence-electron chi connectivity index (χ4n) is 2.10. The van der Waals surface area contributed by atoms with Crippen molar-refractivity contribution in [3.63, 3.8) is 0 Å². The van der Waals surface area contributed by atoms with Crippen molar-refractivity contribution in [1.82, 2.24) is 4.90 Å². The van der Waals surface area contributed by atoms with E-state index < -0.39 is 29.0 Å². The van der Waals surface area contributed by atoms with Crippen LogP contribution in [0.4, 0.5) is 4.79 Å². The second-order valence-corrected chi connectivity index (χ2v) is 6.08. The first kappa shape index (κ1) is 17.0. The maximum absolute atomic E-state index is 12.2. The third-order valence-electron chi connectivity index (χ3n) is 3.21. The molecule has 116 valence electrons. The Bertz CT molecular complexity index is 508. The van der Waals surface area contributed by atoms with Crippen LogP contribution in [0.25, 0.3) is 0 Å². The summed E-state index contributed by atoms with van der Waals surface area (Å²) in [6.07, 6.45) is 0.623. The third-order valence-corrected chi connectivity index (χ3v) is 3.21. The summed E-state index contributed by atoms with van der Waals surface area (Å²) in [4.78, 5) is 36.8. The van der Waals surface area contributed by atoms with Crippen LogP contribution < -0.4 is 0 Å². The summed E-state index contributed by atoms with van der Waals surface area (Å²) in [5, 5.41) is 0. The van der Waals surface area contributed by atoms with Gasteiger partial charge in [0.1, 0.15) is 11.1 Å². The second-order valence-electron chi connectivity index (χ2n) is 6.08. The second kappa shape index (κ2) is 6.17. The molecule has 0 aromatic heterocycles. The summed E-state index contributed by atoms with van der Waals surface area (Å²) in [5.74, 6) is 3.08. The largest absolute Gasteiger partial charge is 0.459 e. The third kappa shape index (κ3) is 4.22. The average Bonchev–Trinajstić information content (AvgIpc) is 2.76. The van der Waals surface area contributed by atoms with Gasteiger partial charge in [-0.1, -0.05) is 0 Å². The van der Waals surface area contributed by atoms with Gasteiger partial charge in [-0.2, -0.15) is 0 Å². The molecule has 1 saturated heterocycles. The van der Waals surface area contributed by atoms with Gasteiger partial charge in [0, 0.05) is 12.5 Å². The van der Waals surface area contributed by atoms with E-state index in [0.29, 0.717) is 19.4 Å². The molecule has 6 nitrogen and oxygen atoms in total. The van der Waals surface area contributed by atoms with E-state index in [-0.39, 0.29) is 0 Å². The molecule has 1 atom stereocenters. The zero-order valence-electron chi connectivity index (χ0n) is 13.1. The minimum absolute atomic E-state index is 0.428. The maximum Gasteiger partial charge on any atom is 0.411 e. The van der Waals surface area contributed by atoms with Crippen molar-refractivity contribution in [3.8, 4) is 11.8 Å². The smallest absolute Gasteiger partial charge is 0.411 e. The van der Waals surface area contributed by atoms with Crippen LogP contribution in [-0.2, 0) is 19.1 Å². The average molecular weight is 295 g/mol. The lowest BCUT2D eigenvalue weighted by molar-refractivity contribution is -0.134. The number of rotatable bonds is 1. The molecule has 0 saturated carbocycles. The molecule has 6 heteroatoms. The van der Waals surface area contributed by atoms with E-state index in [9.17, 15) is 14.4 Å². The summed E-state index contributed by atoms with van der Waals surface area (Å²) in [5.41, 5.74) is -1.70. The Morgan fingerprint density at radius 3 is 2.33 bits per heavy atom. The Morgan fingerprint density at radius 1 is 1.19 bits per heavy atom. The number of ether oxygens (including phenoxy) is 2. The molecule has 1 heterocycles. The van der Waals surface area contributed by atoms with Gasteiger partial charge < -0.3 is 9.47 Å². The Labute approximate surface area is 124 Å². The van der Waals surface area contributed by atoms with Gasteiger partial charge in [-0.25, -0.2) is 9.59 Å². The first-order valence-electron chi connectivity index (χ1n) is 6.75. The Hall–Kier alpha value is -2.03. The van der Waals surface area contributed by atoms with Crippen LogP contribution >= 0.6 is 0 Å². The van der Waals surface area contributed by atoms with Gasteiger partial charge in [0.2, 0.25) is 5.78 Å². The number of esters is 1. The van der Waals surface area contributed by atoms with Crippen molar-refractivity contribution in [2.75, 3.05) is 13.7 Å². The normalized spacial score (nSPS) is 21.3. The highest BCUT2D eigenvalue weighted by Crippen LogP contribution is 2.31. The predicted molar refractivity (Wildman–Crippen MR) is 75.4 cm³/mol.